The molecule has 0 unspecified atom stereocenters. The minimum absolute atomic E-state index is 0.0337. The molecule has 4 nitrogen and oxygen atoms in total. The van der Waals surface area contributed by atoms with Crippen LogP contribution in [0.3, 0.4) is 0 Å². The number of hydrogen-bond donors (Lipinski definition) is 2. The second kappa shape index (κ2) is 7.06. The van der Waals surface area contributed by atoms with Crippen molar-refractivity contribution in [2.24, 2.45) is 0 Å². The molecule has 0 fully saturated rings. The molecule has 0 atom stereocenters. The summed E-state index contributed by atoms with van der Waals surface area (Å²) in [5, 5.41) is 12.4. The lowest BCUT2D eigenvalue weighted by atomic mass is 10.2. The van der Waals surface area contributed by atoms with E-state index in [0.29, 0.717) is 22.1 Å². The van der Waals surface area contributed by atoms with Crippen LogP contribution in [0.25, 0.3) is 0 Å². The minimum Gasteiger partial charge on any atom is -0.395 e. The van der Waals surface area contributed by atoms with E-state index >= 15 is 0 Å². The highest BCUT2D eigenvalue weighted by molar-refractivity contribution is 7.16. The zero-order chi connectivity index (χ0) is 14.4. The summed E-state index contributed by atoms with van der Waals surface area (Å²) in [6, 6.07) is 6.61. The second-order valence-electron chi connectivity index (χ2n) is 3.77. The molecular formula is C14H11ClN2O2S. The molecule has 20 heavy (non-hydrogen) atoms. The molecule has 1 aromatic carbocycles. The molecule has 0 spiro atoms. The number of carbonyl (C=O) groups excluding carboxylic acids is 1. The number of thiazole rings is 1. The van der Waals surface area contributed by atoms with E-state index in [2.05, 4.69) is 22.1 Å². The Bertz CT molecular complexity index is 656. The second-order valence-corrected chi connectivity index (χ2v) is 5.23. The molecule has 6 heteroatoms. The summed E-state index contributed by atoms with van der Waals surface area (Å²) in [7, 11) is 0. The van der Waals surface area contributed by atoms with Crippen molar-refractivity contribution in [3.63, 3.8) is 0 Å². The highest BCUT2D eigenvalue weighted by Gasteiger charge is 2.08. The lowest BCUT2D eigenvalue weighted by molar-refractivity contribution is 0.102. The van der Waals surface area contributed by atoms with E-state index in [1.54, 1.807) is 30.5 Å². The average Bonchev–Trinajstić information content (AvgIpc) is 2.87. The van der Waals surface area contributed by atoms with Gasteiger partial charge in [-0.05, 0) is 24.3 Å². The zero-order valence-electron chi connectivity index (χ0n) is 10.4. The van der Waals surface area contributed by atoms with Crippen LogP contribution in [-0.4, -0.2) is 22.6 Å². The quantitative estimate of drug-likeness (QED) is 0.857. The first kappa shape index (κ1) is 14.5. The number of nitrogens with zero attached hydrogens (tertiary/aromatic N) is 1. The van der Waals surface area contributed by atoms with Crippen LogP contribution in [0.15, 0.2) is 30.5 Å². The summed E-state index contributed by atoms with van der Waals surface area (Å²) in [5.74, 6) is 5.42. The van der Waals surface area contributed by atoms with E-state index < -0.39 is 0 Å². The molecule has 1 heterocycles. The van der Waals surface area contributed by atoms with Crippen molar-refractivity contribution in [2.45, 2.75) is 6.42 Å². The van der Waals surface area contributed by atoms with Gasteiger partial charge in [-0.3, -0.25) is 10.1 Å². The Kier molecular flexibility index (Phi) is 5.13. The van der Waals surface area contributed by atoms with Gasteiger partial charge < -0.3 is 5.11 Å². The number of anilines is 1. The summed E-state index contributed by atoms with van der Waals surface area (Å²) >= 11 is 7.05. The molecule has 0 saturated heterocycles. The number of nitrogens with one attached hydrogen (secondary N) is 1. The number of aliphatic hydroxyl groups excluding tert-OH is 1. The highest BCUT2D eigenvalue weighted by atomic mass is 35.5. The Morgan fingerprint density at radius 3 is 2.85 bits per heavy atom. The van der Waals surface area contributed by atoms with Gasteiger partial charge in [-0.15, -0.1) is 0 Å². The number of hydrogen-bond acceptors (Lipinski definition) is 4. The molecule has 1 amide bonds. The minimum atomic E-state index is -0.245. The van der Waals surface area contributed by atoms with Crippen LogP contribution in [0, 0.1) is 11.8 Å². The van der Waals surface area contributed by atoms with E-state index in [0.717, 1.165) is 4.88 Å². The van der Waals surface area contributed by atoms with Crippen molar-refractivity contribution in [3.05, 3.63) is 45.9 Å². The molecule has 0 bridgehead atoms. The molecule has 2 N–H and O–H groups in total. The molecule has 0 aliphatic rings. The lowest BCUT2D eigenvalue weighted by Gasteiger charge is -2.01. The Labute approximate surface area is 125 Å². The van der Waals surface area contributed by atoms with Crippen molar-refractivity contribution >= 4 is 34.0 Å². The maximum absolute atomic E-state index is 11.9. The first-order valence-electron chi connectivity index (χ1n) is 5.81. The first-order chi connectivity index (χ1) is 9.69. The van der Waals surface area contributed by atoms with Gasteiger partial charge in [0.2, 0.25) is 0 Å². The average molecular weight is 307 g/mol. The maximum atomic E-state index is 11.9. The smallest absolute Gasteiger partial charge is 0.257 e. The molecule has 0 saturated carbocycles. The van der Waals surface area contributed by atoms with Gasteiger partial charge in [0.05, 0.1) is 17.7 Å². The number of rotatable bonds is 3. The molecule has 0 aliphatic heterocycles. The van der Waals surface area contributed by atoms with Gasteiger partial charge in [0.15, 0.2) is 5.13 Å². The molecule has 2 rings (SSSR count). The largest absolute Gasteiger partial charge is 0.395 e. The number of aromatic nitrogens is 1. The third kappa shape index (κ3) is 4.07. The SMILES string of the molecule is O=C(Nc1ncc(C#CCCO)s1)c1ccc(Cl)cc1. The van der Waals surface area contributed by atoms with E-state index in [9.17, 15) is 4.79 Å². The van der Waals surface area contributed by atoms with Crippen LogP contribution in [0.2, 0.25) is 5.02 Å². The molecular weight excluding hydrogens is 296 g/mol. The van der Waals surface area contributed by atoms with Crippen LogP contribution >= 0.6 is 22.9 Å². The fourth-order valence-electron chi connectivity index (χ4n) is 1.37. The fourth-order valence-corrected chi connectivity index (χ4v) is 2.18. The predicted octanol–water partition coefficient (Wildman–Crippen LogP) is 2.78. The Morgan fingerprint density at radius 2 is 2.15 bits per heavy atom. The summed E-state index contributed by atoms with van der Waals surface area (Å²) in [4.78, 5) is 16.8. The summed E-state index contributed by atoms with van der Waals surface area (Å²) in [6.45, 7) is 0.0337. The van der Waals surface area contributed by atoms with Crippen LogP contribution in [0.1, 0.15) is 21.7 Å². The van der Waals surface area contributed by atoms with Gasteiger partial charge >= 0.3 is 0 Å². The van der Waals surface area contributed by atoms with Gasteiger partial charge in [0.25, 0.3) is 5.91 Å². The van der Waals surface area contributed by atoms with Gasteiger partial charge in [-0.2, -0.15) is 0 Å². The van der Waals surface area contributed by atoms with Crippen molar-refractivity contribution < 1.29 is 9.90 Å². The zero-order valence-corrected chi connectivity index (χ0v) is 12.0. The summed E-state index contributed by atoms with van der Waals surface area (Å²) < 4.78 is 0. The van der Waals surface area contributed by atoms with Crippen LogP contribution in [0.4, 0.5) is 5.13 Å². The topological polar surface area (TPSA) is 62.2 Å². The van der Waals surface area contributed by atoms with Gasteiger partial charge in [-0.1, -0.05) is 34.8 Å². The standard InChI is InChI=1S/C14H11ClN2O2S/c15-11-6-4-10(5-7-11)13(19)17-14-16-9-12(20-14)3-1-2-8-18/h4-7,9,18H,2,8H2,(H,16,17,19). The monoisotopic (exact) mass is 306 g/mol. The summed E-state index contributed by atoms with van der Waals surface area (Å²) in [6.07, 6.45) is 2.01. The van der Waals surface area contributed by atoms with Gasteiger partial charge in [0, 0.05) is 17.0 Å². The van der Waals surface area contributed by atoms with Crippen molar-refractivity contribution in [1.29, 1.82) is 0 Å². The third-order valence-electron chi connectivity index (χ3n) is 2.28. The number of benzene rings is 1. The Morgan fingerprint density at radius 1 is 1.40 bits per heavy atom. The summed E-state index contributed by atoms with van der Waals surface area (Å²) in [5.41, 5.74) is 0.512. The molecule has 1 aromatic heterocycles. The van der Waals surface area contributed by atoms with E-state index in [1.165, 1.54) is 11.3 Å². The van der Waals surface area contributed by atoms with Crippen molar-refractivity contribution in [1.82, 2.24) is 4.98 Å². The van der Waals surface area contributed by atoms with Crippen molar-refractivity contribution in [2.75, 3.05) is 11.9 Å². The number of halogens is 1. The van der Waals surface area contributed by atoms with Gasteiger partial charge in [-0.25, -0.2) is 4.98 Å². The van der Waals surface area contributed by atoms with Crippen LogP contribution in [0.5, 0.6) is 0 Å². The normalized spacial score (nSPS) is 9.70. The highest BCUT2D eigenvalue weighted by Crippen LogP contribution is 2.18. The Hall–Kier alpha value is -1.87. The van der Waals surface area contributed by atoms with Crippen LogP contribution in [-0.2, 0) is 0 Å². The molecule has 0 aliphatic carbocycles. The molecule has 102 valence electrons. The van der Waals surface area contributed by atoms with Crippen molar-refractivity contribution in [3.8, 4) is 11.8 Å². The first-order valence-corrected chi connectivity index (χ1v) is 7.01. The fraction of sp³-hybridized carbons (Fsp3) is 0.143. The van der Waals surface area contributed by atoms with E-state index in [4.69, 9.17) is 16.7 Å². The molecule has 2 aromatic rings. The third-order valence-corrected chi connectivity index (χ3v) is 3.36. The maximum Gasteiger partial charge on any atom is 0.257 e. The van der Waals surface area contributed by atoms with Crippen LogP contribution < -0.4 is 5.32 Å². The van der Waals surface area contributed by atoms with E-state index in [1.807, 2.05) is 0 Å². The van der Waals surface area contributed by atoms with Gasteiger partial charge in [0.1, 0.15) is 0 Å². The predicted molar refractivity (Wildman–Crippen MR) is 80.1 cm³/mol. The lowest BCUT2D eigenvalue weighted by Crippen LogP contribution is -2.11. The Balaban J connectivity index is 2.02. The number of aliphatic hydroxyl groups is 1. The molecule has 0 radical (unpaired) electrons. The number of amides is 1. The van der Waals surface area contributed by atoms with E-state index in [-0.39, 0.29) is 12.5 Å². The number of carbonyl (C=O) groups is 1.